The van der Waals surface area contributed by atoms with Crippen molar-refractivity contribution in [3.63, 3.8) is 0 Å². The summed E-state index contributed by atoms with van der Waals surface area (Å²) < 4.78 is 7.48. The Morgan fingerprint density at radius 2 is 1.83 bits per heavy atom. The number of aromatic amines is 1. The van der Waals surface area contributed by atoms with Gasteiger partial charge in [-0.1, -0.05) is 17.3 Å². The molecule has 5 aromatic heterocycles. The lowest BCUT2D eigenvalue weighted by Crippen LogP contribution is -2.02. The van der Waals surface area contributed by atoms with Crippen molar-refractivity contribution in [2.75, 3.05) is 5.32 Å². The molecule has 174 valence electrons. The number of nitrogens with zero attached hydrogens (tertiary/aromatic N) is 5. The van der Waals surface area contributed by atoms with Gasteiger partial charge in [-0.3, -0.25) is 0 Å². The van der Waals surface area contributed by atoms with E-state index in [1.165, 1.54) is 5.56 Å². The van der Waals surface area contributed by atoms with Gasteiger partial charge in [-0.25, -0.2) is 9.97 Å². The predicted octanol–water partition coefficient (Wildman–Crippen LogP) is 6.26. The Kier molecular flexibility index (Phi) is 5.18. The van der Waals surface area contributed by atoms with Crippen LogP contribution in [0.15, 0.2) is 65.6 Å². The van der Waals surface area contributed by atoms with Gasteiger partial charge in [0.1, 0.15) is 17.2 Å². The standard InChI is InChI=1S/C26H23N7OS/c1-15-23(16(2)34-32-15)21-8-9-22(35-21)24-20-10-11-28-25(20)31-26(30-24)29-19-6-4-18(5-7-19)14-33-13-12-27-17(33)3/h4-13H,14H2,1-3H3,(H2,28,29,30,31). The summed E-state index contributed by atoms with van der Waals surface area (Å²) in [6.07, 6.45) is 5.70. The SMILES string of the molecule is Cc1noc(C)c1-c1ccc(-c2nc(Nc3ccc(Cn4ccnc4C)cc3)nc3[nH]ccc23)s1. The number of hydrogen-bond donors (Lipinski definition) is 2. The largest absolute Gasteiger partial charge is 0.361 e. The van der Waals surface area contributed by atoms with Crippen molar-refractivity contribution in [3.05, 3.63) is 83.9 Å². The van der Waals surface area contributed by atoms with Crippen molar-refractivity contribution < 1.29 is 4.52 Å². The maximum atomic E-state index is 5.36. The zero-order valence-corrected chi connectivity index (χ0v) is 20.3. The third-order valence-corrected chi connectivity index (χ3v) is 7.13. The molecule has 0 amide bonds. The minimum absolute atomic E-state index is 0.542. The third-order valence-electron chi connectivity index (χ3n) is 6.02. The topological polar surface area (TPSA) is 97.5 Å². The maximum Gasteiger partial charge on any atom is 0.229 e. The van der Waals surface area contributed by atoms with Crippen LogP contribution in [0.2, 0.25) is 0 Å². The number of imidazole rings is 1. The van der Waals surface area contributed by atoms with E-state index in [9.17, 15) is 0 Å². The van der Waals surface area contributed by atoms with Crippen LogP contribution < -0.4 is 5.32 Å². The lowest BCUT2D eigenvalue weighted by atomic mass is 10.1. The molecule has 0 unspecified atom stereocenters. The molecule has 0 atom stereocenters. The lowest BCUT2D eigenvalue weighted by molar-refractivity contribution is 0.393. The monoisotopic (exact) mass is 481 g/mol. The molecule has 2 N–H and O–H groups in total. The summed E-state index contributed by atoms with van der Waals surface area (Å²) in [5.41, 5.74) is 5.73. The minimum atomic E-state index is 0.542. The molecule has 5 heterocycles. The van der Waals surface area contributed by atoms with Crippen LogP contribution in [0.1, 0.15) is 22.8 Å². The van der Waals surface area contributed by atoms with Gasteiger partial charge in [0.15, 0.2) is 0 Å². The van der Waals surface area contributed by atoms with Crippen LogP contribution >= 0.6 is 11.3 Å². The molecule has 0 saturated carbocycles. The molecule has 0 aliphatic rings. The number of anilines is 2. The molecule has 0 aliphatic carbocycles. The molecular formula is C26H23N7OS. The number of rotatable bonds is 6. The molecule has 6 aromatic rings. The molecule has 6 rings (SSSR count). The molecule has 0 bridgehead atoms. The fraction of sp³-hybridized carbons (Fsp3) is 0.154. The highest BCUT2D eigenvalue weighted by Crippen LogP contribution is 2.39. The first-order valence-electron chi connectivity index (χ1n) is 11.3. The smallest absolute Gasteiger partial charge is 0.229 e. The zero-order valence-electron chi connectivity index (χ0n) is 19.5. The number of thiophene rings is 1. The summed E-state index contributed by atoms with van der Waals surface area (Å²) in [4.78, 5) is 19.3. The first-order valence-corrected chi connectivity index (χ1v) is 12.1. The molecule has 9 heteroatoms. The van der Waals surface area contributed by atoms with Crippen molar-refractivity contribution >= 4 is 34.0 Å². The van der Waals surface area contributed by atoms with Gasteiger partial charge in [-0.05, 0) is 56.7 Å². The molecule has 0 saturated heterocycles. The molecule has 0 aliphatic heterocycles. The number of aryl methyl sites for hydroxylation is 3. The molecule has 0 radical (unpaired) electrons. The summed E-state index contributed by atoms with van der Waals surface area (Å²) in [7, 11) is 0. The number of H-pyrrole nitrogens is 1. The second-order valence-electron chi connectivity index (χ2n) is 8.42. The number of aromatic nitrogens is 6. The van der Waals surface area contributed by atoms with Gasteiger partial charge >= 0.3 is 0 Å². The molecule has 1 aromatic carbocycles. The summed E-state index contributed by atoms with van der Waals surface area (Å²) in [6, 6.07) is 14.5. The molecular weight excluding hydrogens is 458 g/mol. The van der Waals surface area contributed by atoms with Crippen LogP contribution in [0.5, 0.6) is 0 Å². The zero-order chi connectivity index (χ0) is 23.9. The minimum Gasteiger partial charge on any atom is -0.361 e. The number of benzene rings is 1. The number of nitrogens with one attached hydrogen (secondary N) is 2. The number of hydrogen-bond acceptors (Lipinski definition) is 7. The highest BCUT2D eigenvalue weighted by molar-refractivity contribution is 7.18. The van der Waals surface area contributed by atoms with Crippen molar-refractivity contribution in [2.24, 2.45) is 0 Å². The van der Waals surface area contributed by atoms with E-state index in [1.54, 1.807) is 11.3 Å². The van der Waals surface area contributed by atoms with Crippen LogP contribution in [-0.4, -0.2) is 29.7 Å². The Morgan fingerprint density at radius 3 is 2.57 bits per heavy atom. The van der Waals surface area contributed by atoms with Gasteiger partial charge in [-0.15, -0.1) is 11.3 Å². The van der Waals surface area contributed by atoms with E-state index in [1.807, 2.05) is 57.6 Å². The van der Waals surface area contributed by atoms with Crippen LogP contribution in [0, 0.1) is 20.8 Å². The van der Waals surface area contributed by atoms with Gasteiger partial charge in [0.05, 0.1) is 21.8 Å². The van der Waals surface area contributed by atoms with Crippen LogP contribution in [0.3, 0.4) is 0 Å². The van der Waals surface area contributed by atoms with Crippen molar-refractivity contribution in [1.82, 2.24) is 29.7 Å². The predicted molar refractivity (Wildman–Crippen MR) is 138 cm³/mol. The Hall–Kier alpha value is -4.24. The van der Waals surface area contributed by atoms with Crippen LogP contribution in [0.25, 0.3) is 32.0 Å². The Balaban J connectivity index is 1.30. The summed E-state index contributed by atoms with van der Waals surface area (Å²) in [6.45, 7) is 6.69. The third kappa shape index (κ3) is 4.00. The first kappa shape index (κ1) is 21.3. The fourth-order valence-corrected chi connectivity index (χ4v) is 5.36. The molecule has 0 spiro atoms. The van der Waals surface area contributed by atoms with Gasteiger partial charge < -0.3 is 19.4 Å². The lowest BCUT2D eigenvalue weighted by Gasteiger charge is -2.09. The number of fused-ring (bicyclic) bond motifs is 1. The summed E-state index contributed by atoms with van der Waals surface area (Å²) in [5.74, 6) is 2.36. The fourth-order valence-electron chi connectivity index (χ4n) is 4.21. The van der Waals surface area contributed by atoms with Crippen molar-refractivity contribution in [2.45, 2.75) is 27.3 Å². The summed E-state index contributed by atoms with van der Waals surface area (Å²) in [5, 5.41) is 8.44. The van der Waals surface area contributed by atoms with Crippen LogP contribution in [0.4, 0.5) is 11.6 Å². The van der Waals surface area contributed by atoms with E-state index in [-0.39, 0.29) is 0 Å². The van der Waals surface area contributed by atoms with Gasteiger partial charge in [0.25, 0.3) is 0 Å². The van der Waals surface area contributed by atoms with Crippen molar-refractivity contribution in [1.29, 1.82) is 0 Å². The second-order valence-corrected chi connectivity index (χ2v) is 9.51. The molecule has 0 fully saturated rings. The van der Waals surface area contributed by atoms with Gasteiger partial charge in [-0.2, -0.15) is 4.98 Å². The van der Waals surface area contributed by atoms with E-state index in [0.29, 0.717) is 5.95 Å². The van der Waals surface area contributed by atoms with Gasteiger partial charge in [0.2, 0.25) is 5.95 Å². The first-order chi connectivity index (χ1) is 17.0. The second kappa shape index (κ2) is 8.52. The Morgan fingerprint density at radius 1 is 1.00 bits per heavy atom. The average molecular weight is 482 g/mol. The highest BCUT2D eigenvalue weighted by atomic mass is 32.1. The Bertz CT molecular complexity index is 1620. The van der Waals surface area contributed by atoms with Crippen LogP contribution in [-0.2, 0) is 6.54 Å². The van der Waals surface area contributed by atoms with E-state index >= 15 is 0 Å². The Labute approximate surface area is 205 Å². The van der Waals surface area contributed by atoms with Gasteiger partial charge in [0, 0.05) is 41.1 Å². The quantitative estimate of drug-likeness (QED) is 0.292. The van der Waals surface area contributed by atoms with E-state index in [2.05, 4.69) is 54.3 Å². The average Bonchev–Trinajstić information content (AvgIpc) is 3.64. The van der Waals surface area contributed by atoms with Crippen molar-refractivity contribution in [3.8, 4) is 21.0 Å². The van der Waals surface area contributed by atoms with E-state index in [4.69, 9.17) is 9.51 Å². The maximum absolute atomic E-state index is 5.36. The summed E-state index contributed by atoms with van der Waals surface area (Å²) >= 11 is 1.67. The van der Waals surface area contributed by atoms with E-state index < -0.39 is 0 Å². The molecule has 35 heavy (non-hydrogen) atoms. The highest BCUT2D eigenvalue weighted by Gasteiger charge is 2.17. The molecule has 8 nitrogen and oxygen atoms in total. The normalized spacial score (nSPS) is 11.4. The van der Waals surface area contributed by atoms with E-state index in [0.717, 1.165) is 61.6 Å².